The molecule has 3 heteroatoms. The van der Waals surface area contributed by atoms with Crippen molar-refractivity contribution in [2.45, 2.75) is 57.4 Å². The SMILES string of the molecule is Clc1ccc(CC2CCN(NC3CCCCC3)CC2)cc1. The van der Waals surface area contributed by atoms with E-state index in [1.807, 2.05) is 12.1 Å². The third kappa shape index (κ3) is 4.70. The minimum atomic E-state index is 0.742. The fraction of sp³-hybridized carbons (Fsp3) is 0.667. The van der Waals surface area contributed by atoms with Gasteiger partial charge in [0.05, 0.1) is 0 Å². The van der Waals surface area contributed by atoms with E-state index in [-0.39, 0.29) is 0 Å². The van der Waals surface area contributed by atoms with E-state index in [9.17, 15) is 0 Å². The monoisotopic (exact) mass is 306 g/mol. The average molecular weight is 307 g/mol. The van der Waals surface area contributed by atoms with E-state index in [1.54, 1.807) is 0 Å². The van der Waals surface area contributed by atoms with Gasteiger partial charge in [-0.3, -0.25) is 5.43 Å². The smallest absolute Gasteiger partial charge is 0.0406 e. The maximum absolute atomic E-state index is 5.95. The number of hydrogen-bond acceptors (Lipinski definition) is 2. The van der Waals surface area contributed by atoms with Crippen molar-refractivity contribution in [1.29, 1.82) is 0 Å². The molecule has 1 aromatic rings. The first-order valence-corrected chi connectivity index (χ1v) is 8.93. The molecule has 116 valence electrons. The van der Waals surface area contributed by atoms with Gasteiger partial charge < -0.3 is 0 Å². The summed E-state index contributed by atoms with van der Waals surface area (Å²) in [6.45, 7) is 2.41. The van der Waals surface area contributed by atoms with Crippen molar-refractivity contribution in [3.8, 4) is 0 Å². The predicted octanol–water partition coefficient (Wildman–Crippen LogP) is 4.43. The Balaban J connectivity index is 1.41. The molecule has 2 aliphatic rings. The summed E-state index contributed by atoms with van der Waals surface area (Å²) in [4.78, 5) is 0. The Bertz CT molecular complexity index is 417. The van der Waals surface area contributed by atoms with Crippen LogP contribution in [0.3, 0.4) is 0 Å². The normalized spacial score (nSPS) is 22.5. The maximum Gasteiger partial charge on any atom is 0.0406 e. The second kappa shape index (κ2) is 7.62. The van der Waals surface area contributed by atoms with E-state index >= 15 is 0 Å². The Kier molecular flexibility index (Phi) is 5.56. The molecule has 0 radical (unpaired) electrons. The molecule has 0 atom stereocenters. The van der Waals surface area contributed by atoms with Crippen molar-refractivity contribution in [2.24, 2.45) is 5.92 Å². The number of hydrogen-bond donors (Lipinski definition) is 1. The van der Waals surface area contributed by atoms with Crippen molar-refractivity contribution in [3.63, 3.8) is 0 Å². The Morgan fingerprint density at radius 3 is 2.29 bits per heavy atom. The van der Waals surface area contributed by atoms with Gasteiger partial charge in [0.15, 0.2) is 0 Å². The summed E-state index contributed by atoms with van der Waals surface area (Å²) in [6, 6.07) is 9.11. The zero-order valence-corrected chi connectivity index (χ0v) is 13.6. The van der Waals surface area contributed by atoms with Crippen molar-refractivity contribution >= 4 is 11.6 Å². The summed E-state index contributed by atoms with van der Waals surface area (Å²) in [5, 5.41) is 3.32. The Morgan fingerprint density at radius 2 is 1.62 bits per heavy atom. The summed E-state index contributed by atoms with van der Waals surface area (Å²) in [5.41, 5.74) is 5.19. The quantitative estimate of drug-likeness (QED) is 0.885. The van der Waals surface area contributed by atoms with E-state index in [0.717, 1.165) is 17.0 Å². The van der Waals surface area contributed by atoms with Crippen LogP contribution in [-0.2, 0) is 6.42 Å². The van der Waals surface area contributed by atoms with Gasteiger partial charge in [0.25, 0.3) is 0 Å². The highest BCUT2D eigenvalue weighted by atomic mass is 35.5. The van der Waals surface area contributed by atoms with E-state index in [2.05, 4.69) is 22.6 Å². The van der Waals surface area contributed by atoms with Crippen molar-refractivity contribution < 1.29 is 0 Å². The minimum absolute atomic E-state index is 0.742. The first-order chi connectivity index (χ1) is 10.3. The molecule has 2 nitrogen and oxygen atoms in total. The number of hydrazine groups is 1. The van der Waals surface area contributed by atoms with Crippen LogP contribution in [0.4, 0.5) is 0 Å². The van der Waals surface area contributed by atoms with Crippen LogP contribution in [0.1, 0.15) is 50.5 Å². The molecule has 1 aromatic carbocycles. The minimum Gasteiger partial charge on any atom is -0.252 e. The highest BCUT2D eigenvalue weighted by Crippen LogP contribution is 2.23. The summed E-state index contributed by atoms with van der Waals surface area (Å²) < 4.78 is 0. The topological polar surface area (TPSA) is 15.3 Å². The van der Waals surface area contributed by atoms with E-state index < -0.39 is 0 Å². The molecule has 1 saturated carbocycles. The van der Waals surface area contributed by atoms with Gasteiger partial charge in [-0.2, -0.15) is 0 Å². The molecule has 0 bridgehead atoms. The fourth-order valence-corrected chi connectivity index (χ4v) is 3.84. The summed E-state index contributed by atoms with van der Waals surface area (Å²) >= 11 is 5.95. The Morgan fingerprint density at radius 1 is 0.952 bits per heavy atom. The van der Waals surface area contributed by atoms with Gasteiger partial charge in [0.1, 0.15) is 0 Å². The van der Waals surface area contributed by atoms with Gasteiger partial charge >= 0.3 is 0 Å². The van der Waals surface area contributed by atoms with Crippen molar-refractivity contribution in [1.82, 2.24) is 10.4 Å². The van der Waals surface area contributed by atoms with Crippen LogP contribution in [0.5, 0.6) is 0 Å². The Labute approximate surface area is 133 Å². The van der Waals surface area contributed by atoms with Gasteiger partial charge in [-0.25, -0.2) is 5.01 Å². The molecule has 0 unspecified atom stereocenters. The van der Waals surface area contributed by atoms with Gasteiger partial charge in [-0.15, -0.1) is 0 Å². The zero-order valence-electron chi connectivity index (χ0n) is 12.9. The number of nitrogens with zero attached hydrogens (tertiary/aromatic N) is 1. The van der Waals surface area contributed by atoms with Gasteiger partial charge in [-0.1, -0.05) is 43.0 Å². The molecule has 3 rings (SSSR count). The summed E-state index contributed by atoms with van der Waals surface area (Å²) in [5.74, 6) is 0.829. The van der Waals surface area contributed by atoms with E-state index in [0.29, 0.717) is 0 Å². The van der Waals surface area contributed by atoms with Crippen molar-refractivity contribution in [3.05, 3.63) is 34.9 Å². The van der Waals surface area contributed by atoms with Crippen LogP contribution >= 0.6 is 11.6 Å². The second-order valence-electron chi connectivity index (χ2n) is 6.73. The highest BCUT2D eigenvalue weighted by molar-refractivity contribution is 6.30. The predicted molar refractivity (Wildman–Crippen MR) is 89.5 cm³/mol. The first kappa shape index (κ1) is 15.3. The largest absolute Gasteiger partial charge is 0.252 e. The summed E-state index contributed by atoms with van der Waals surface area (Å²) in [7, 11) is 0. The molecule has 1 aliphatic heterocycles. The second-order valence-corrected chi connectivity index (χ2v) is 7.16. The number of piperidine rings is 1. The zero-order chi connectivity index (χ0) is 14.5. The molecule has 21 heavy (non-hydrogen) atoms. The van der Waals surface area contributed by atoms with Crippen LogP contribution in [-0.4, -0.2) is 24.1 Å². The molecule has 0 aromatic heterocycles. The van der Waals surface area contributed by atoms with Gasteiger partial charge in [0.2, 0.25) is 0 Å². The highest BCUT2D eigenvalue weighted by Gasteiger charge is 2.22. The molecule has 0 amide bonds. The standard InChI is InChI=1S/C18H27ClN2/c19-17-8-6-15(7-9-17)14-16-10-12-21(13-11-16)20-18-4-2-1-3-5-18/h6-9,16,18,20H,1-5,10-14H2. The lowest BCUT2D eigenvalue weighted by molar-refractivity contribution is 0.0920. The third-order valence-corrected chi connectivity index (χ3v) is 5.27. The van der Waals surface area contributed by atoms with Crippen LogP contribution in [0.15, 0.2) is 24.3 Å². The van der Waals surface area contributed by atoms with Gasteiger partial charge in [0, 0.05) is 24.2 Å². The van der Waals surface area contributed by atoms with Crippen LogP contribution < -0.4 is 5.43 Å². The van der Waals surface area contributed by atoms with E-state index in [1.165, 1.54) is 70.0 Å². The number of nitrogens with one attached hydrogen (secondary N) is 1. The molecule has 2 fully saturated rings. The summed E-state index contributed by atoms with van der Waals surface area (Å²) in [6.07, 6.45) is 10.8. The van der Waals surface area contributed by atoms with Crippen molar-refractivity contribution in [2.75, 3.05) is 13.1 Å². The lowest BCUT2D eigenvalue weighted by Gasteiger charge is -2.36. The number of halogens is 1. The van der Waals surface area contributed by atoms with Gasteiger partial charge in [-0.05, 0) is 55.7 Å². The molecule has 1 N–H and O–H groups in total. The average Bonchev–Trinajstić information content (AvgIpc) is 2.53. The Hall–Kier alpha value is -0.570. The third-order valence-electron chi connectivity index (χ3n) is 5.02. The molecule has 0 spiro atoms. The first-order valence-electron chi connectivity index (χ1n) is 8.55. The number of benzene rings is 1. The maximum atomic E-state index is 5.95. The van der Waals surface area contributed by atoms with Crippen LogP contribution in [0.25, 0.3) is 0 Å². The molecular weight excluding hydrogens is 280 g/mol. The fourth-order valence-electron chi connectivity index (χ4n) is 3.71. The number of rotatable bonds is 4. The molecule has 1 heterocycles. The lowest BCUT2D eigenvalue weighted by atomic mass is 9.90. The molecule has 1 saturated heterocycles. The molecular formula is C18H27ClN2. The van der Waals surface area contributed by atoms with Crippen LogP contribution in [0, 0.1) is 5.92 Å². The van der Waals surface area contributed by atoms with E-state index in [4.69, 9.17) is 11.6 Å². The van der Waals surface area contributed by atoms with Crippen LogP contribution in [0.2, 0.25) is 5.02 Å². The lowest BCUT2D eigenvalue weighted by Crippen LogP contribution is -2.49. The molecule has 1 aliphatic carbocycles.